The van der Waals surface area contributed by atoms with Gasteiger partial charge in [-0.05, 0) is 14.1 Å². The molecule has 2 aromatic heterocycles. The average Bonchev–Trinajstić information content (AvgIpc) is 2.83. The van der Waals surface area contributed by atoms with E-state index in [9.17, 15) is 4.39 Å². The molecule has 0 spiro atoms. The van der Waals surface area contributed by atoms with Crippen LogP contribution in [0, 0.1) is 17.7 Å². The maximum absolute atomic E-state index is 13.5. The highest BCUT2D eigenvalue weighted by Crippen LogP contribution is 2.10. The van der Waals surface area contributed by atoms with Crippen molar-refractivity contribution in [2.75, 3.05) is 20.6 Å². The Morgan fingerprint density at radius 2 is 2.15 bits per heavy atom. The molecule has 0 fully saturated rings. The normalized spacial score (nSPS) is 10.4. The molecule has 4 nitrogen and oxygen atoms in total. The second kappa shape index (κ2) is 6.51. The number of hydrogen-bond acceptors (Lipinski definition) is 3. The van der Waals surface area contributed by atoms with Crippen LogP contribution in [0.4, 0.5) is 4.39 Å². The van der Waals surface area contributed by atoms with Gasteiger partial charge in [0.2, 0.25) is 0 Å². The van der Waals surface area contributed by atoms with E-state index in [-0.39, 0.29) is 10.7 Å². The van der Waals surface area contributed by atoms with Crippen LogP contribution in [0.5, 0.6) is 0 Å². The molecular weight excluding hydrogens is 279 g/mol. The van der Waals surface area contributed by atoms with E-state index >= 15 is 0 Å². The second-order valence-electron chi connectivity index (χ2n) is 4.53. The van der Waals surface area contributed by atoms with E-state index in [1.165, 1.54) is 6.20 Å². The van der Waals surface area contributed by atoms with Crippen molar-refractivity contribution in [3.8, 4) is 11.8 Å². The summed E-state index contributed by atoms with van der Waals surface area (Å²) in [6.45, 7) is 1.68. The van der Waals surface area contributed by atoms with Gasteiger partial charge in [0.15, 0.2) is 0 Å². The first kappa shape index (κ1) is 14.5. The summed E-state index contributed by atoms with van der Waals surface area (Å²) >= 11 is 5.58. The van der Waals surface area contributed by atoms with Crippen LogP contribution in [0.3, 0.4) is 0 Å². The van der Waals surface area contributed by atoms with Crippen LogP contribution in [0.25, 0.3) is 0 Å². The zero-order valence-electron chi connectivity index (χ0n) is 11.3. The van der Waals surface area contributed by atoms with Crippen LogP contribution in [0.1, 0.15) is 11.1 Å². The van der Waals surface area contributed by atoms with E-state index in [0.717, 1.165) is 24.7 Å². The Kier molecular flexibility index (Phi) is 4.72. The topological polar surface area (TPSA) is 34.0 Å². The number of hydrogen-bond donors (Lipinski definition) is 0. The molecule has 2 heterocycles. The van der Waals surface area contributed by atoms with Gasteiger partial charge in [-0.25, -0.2) is 9.37 Å². The minimum atomic E-state index is -0.475. The lowest BCUT2D eigenvalue weighted by atomic mass is 10.2. The first-order chi connectivity index (χ1) is 9.54. The monoisotopic (exact) mass is 292 g/mol. The van der Waals surface area contributed by atoms with Crippen molar-refractivity contribution in [3.63, 3.8) is 0 Å². The zero-order chi connectivity index (χ0) is 14.5. The molecule has 0 saturated heterocycles. The molecule has 0 unspecified atom stereocenters. The largest absolute Gasteiger partial charge is 0.308 e. The fraction of sp³-hybridized carbons (Fsp3) is 0.286. The maximum atomic E-state index is 13.5. The fourth-order valence-corrected chi connectivity index (χ4v) is 1.64. The Morgan fingerprint density at radius 1 is 1.35 bits per heavy atom. The molecule has 0 radical (unpaired) electrons. The summed E-state index contributed by atoms with van der Waals surface area (Å²) in [5.74, 6) is 5.11. The van der Waals surface area contributed by atoms with Crippen LogP contribution in [0.2, 0.25) is 5.15 Å². The van der Waals surface area contributed by atoms with Gasteiger partial charge < -0.3 is 4.90 Å². The lowest BCUT2D eigenvalue weighted by Gasteiger charge is -2.08. The smallest absolute Gasteiger partial charge is 0.143 e. The fourth-order valence-electron chi connectivity index (χ4n) is 1.49. The number of aromatic nitrogens is 3. The summed E-state index contributed by atoms with van der Waals surface area (Å²) in [4.78, 5) is 5.87. The number of halogens is 2. The van der Waals surface area contributed by atoms with Crippen LogP contribution in [-0.4, -0.2) is 40.3 Å². The molecule has 2 aromatic rings. The third-order valence-corrected chi connectivity index (χ3v) is 2.78. The van der Waals surface area contributed by atoms with Crippen molar-refractivity contribution in [2.24, 2.45) is 0 Å². The lowest BCUT2D eigenvalue weighted by Crippen LogP contribution is -2.18. The minimum Gasteiger partial charge on any atom is -0.308 e. The highest BCUT2D eigenvalue weighted by molar-refractivity contribution is 6.29. The molecule has 0 aromatic carbocycles. The summed E-state index contributed by atoms with van der Waals surface area (Å²) in [5, 5.41) is 4.31. The SMILES string of the molecule is CN(C)CCn1cc(C#Cc2cnc(Cl)cc2F)cn1. The standard InChI is InChI=1S/C14H14ClFN4/c1-19(2)5-6-20-10-11(8-18-20)3-4-12-9-17-14(15)7-13(12)16/h7-10H,5-6H2,1-2H3. The van der Waals surface area contributed by atoms with E-state index < -0.39 is 5.82 Å². The van der Waals surface area contributed by atoms with Crippen LogP contribution in [0.15, 0.2) is 24.7 Å². The van der Waals surface area contributed by atoms with Crippen molar-refractivity contribution in [3.05, 3.63) is 46.8 Å². The molecule has 0 bridgehead atoms. The van der Waals surface area contributed by atoms with Gasteiger partial charge in [-0.15, -0.1) is 0 Å². The molecule has 0 aliphatic heterocycles. The van der Waals surface area contributed by atoms with E-state index in [4.69, 9.17) is 11.6 Å². The Labute approximate surface area is 122 Å². The molecule has 2 rings (SSSR count). The number of pyridine rings is 1. The number of rotatable bonds is 3. The molecule has 0 amide bonds. The third-order valence-electron chi connectivity index (χ3n) is 2.57. The molecule has 20 heavy (non-hydrogen) atoms. The van der Waals surface area contributed by atoms with Gasteiger partial charge in [0.05, 0.1) is 23.9 Å². The Balaban J connectivity index is 2.09. The highest BCUT2D eigenvalue weighted by atomic mass is 35.5. The Morgan fingerprint density at radius 3 is 2.85 bits per heavy atom. The summed E-state index contributed by atoms with van der Waals surface area (Å²) in [6, 6.07) is 1.14. The van der Waals surface area contributed by atoms with E-state index in [1.807, 2.05) is 20.3 Å². The molecule has 0 aliphatic carbocycles. The summed E-state index contributed by atoms with van der Waals surface area (Å²) in [6.07, 6.45) is 4.81. The molecule has 0 N–H and O–H groups in total. The highest BCUT2D eigenvalue weighted by Gasteiger charge is 2.01. The molecule has 6 heteroatoms. The van der Waals surface area contributed by atoms with E-state index in [1.54, 1.807) is 10.9 Å². The Hall–Kier alpha value is -1.90. The quantitative estimate of drug-likeness (QED) is 0.641. The van der Waals surface area contributed by atoms with Crippen molar-refractivity contribution >= 4 is 11.6 Å². The maximum Gasteiger partial charge on any atom is 0.143 e. The lowest BCUT2D eigenvalue weighted by molar-refractivity contribution is 0.373. The molecule has 0 atom stereocenters. The first-order valence-electron chi connectivity index (χ1n) is 6.05. The summed E-state index contributed by atoms with van der Waals surface area (Å²) in [7, 11) is 4.00. The predicted octanol–water partition coefficient (Wildman–Crippen LogP) is 2.03. The van der Waals surface area contributed by atoms with Crippen LogP contribution >= 0.6 is 11.6 Å². The summed E-state index contributed by atoms with van der Waals surface area (Å²) < 4.78 is 15.3. The van der Waals surface area contributed by atoms with Gasteiger partial charge in [0.1, 0.15) is 11.0 Å². The zero-order valence-corrected chi connectivity index (χ0v) is 12.0. The molecule has 104 valence electrons. The van der Waals surface area contributed by atoms with Gasteiger partial charge in [0, 0.05) is 25.0 Å². The first-order valence-corrected chi connectivity index (χ1v) is 6.42. The summed E-state index contributed by atoms with van der Waals surface area (Å²) in [5.41, 5.74) is 0.952. The third kappa shape index (κ3) is 4.05. The van der Waals surface area contributed by atoms with Gasteiger partial charge in [0.25, 0.3) is 0 Å². The van der Waals surface area contributed by atoms with Crippen molar-refractivity contribution in [1.29, 1.82) is 0 Å². The minimum absolute atomic E-state index is 0.115. The second-order valence-corrected chi connectivity index (χ2v) is 4.92. The number of likely N-dealkylation sites (N-methyl/N-ethyl adjacent to an activating group) is 1. The molecular formula is C14H14ClFN4. The number of nitrogens with zero attached hydrogens (tertiary/aromatic N) is 4. The molecule has 0 aliphatic rings. The predicted molar refractivity (Wildman–Crippen MR) is 76.0 cm³/mol. The van der Waals surface area contributed by atoms with Crippen LogP contribution < -0.4 is 0 Å². The van der Waals surface area contributed by atoms with Crippen molar-refractivity contribution in [1.82, 2.24) is 19.7 Å². The van der Waals surface area contributed by atoms with Gasteiger partial charge in [-0.2, -0.15) is 5.10 Å². The van der Waals surface area contributed by atoms with E-state index in [2.05, 4.69) is 26.8 Å². The van der Waals surface area contributed by atoms with Crippen molar-refractivity contribution < 1.29 is 4.39 Å². The van der Waals surface area contributed by atoms with Gasteiger partial charge in [-0.1, -0.05) is 23.4 Å². The van der Waals surface area contributed by atoms with Crippen LogP contribution in [-0.2, 0) is 6.54 Å². The average molecular weight is 293 g/mol. The van der Waals surface area contributed by atoms with Crippen molar-refractivity contribution in [2.45, 2.75) is 6.54 Å². The van der Waals surface area contributed by atoms with Gasteiger partial charge in [-0.3, -0.25) is 4.68 Å². The van der Waals surface area contributed by atoms with E-state index in [0.29, 0.717) is 0 Å². The Bertz CT molecular complexity index is 655. The molecule has 0 saturated carbocycles. The van der Waals surface area contributed by atoms with Gasteiger partial charge >= 0.3 is 0 Å².